The summed E-state index contributed by atoms with van der Waals surface area (Å²) in [7, 11) is 0. The van der Waals surface area contributed by atoms with Gasteiger partial charge in [-0.25, -0.2) is 4.79 Å². The molecule has 0 bridgehead atoms. The molecule has 2 aliphatic rings. The van der Waals surface area contributed by atoms with Gasteiger partial charge in [0.2, 0.25) is 5.91 Å². The van der Waals surface area contributed by atoms with Crippen molar-refractivity contribution in [3.63, 3.8) is 0 Å². The average molecular weight is 342 g/mol. The van der Waals surface area contributed by atoms with Gasteiger partial charge in [0.15, 0.2) is 0 Å². The second-order valence-corrected chi connectivity index (χ2v) is 6.84. The van der Waals surface area contributed by atoms with Crippen molar-refractivity contribution in [2.24, 2.45) is 5.92 Å². The summed E-state index contributed by atoms with van der Waals surface area (Å²) >= 11 is 12.1. The van der Waals surface area contributed by atoms with E-state index in [9.17, 15) is 14.7 Å². The number of carboxylic acids is 1. The molecule has 3 atom stereocenters. The number of nitrogens with zero attached hydrogens (tertiary/aromatic N) is 1. The van der Waals surface area contributed by atoms with Crippen LogP contribution < -0.4 is 0 Å². The van der Waals surface area contributed by atoms with Crippen LogP contribution in [0, 0.1) is 5.92 Å². The highest BCUT2D eigenvalue weighted by Gasteiger charge is 2.48. The molecule has 3 unspecified atom stereocenters. The lowest BCUT2D eigenvalue weighted by atomic mass is 10.0. The topological polar surface area (TPSA) is 57.6 Å². The molecule has 2 fully saturated rings. The molecule has 0 spiro atoms. The van der Waals surface area contributed by atoms with Crippen molar-refractivity contribution in [2.75, 3.05) is 6.54 Å². The molecule has 1 saturated carbocycles. The van der Waals surface area contributed by atoms with E-state index >= 15 is 0 Å². The van der Waals surface area contributed by atoms with Crippen molar-refractivity contribution in [3.8, 4) is 0 Å². The van der Waals surface area contributed by atoms with Crippen LogP contribution in [0.5, 0.6) is 0 Å². The maximum atomic E-state index is 12.6. The summed E-state index contributed by atoms with van der Waals surface area (Å²) in [6.07, 6.45) is 3.00. The maximum Gasteiger partial charge on any atom is 0.326 e. The number of rotatable bonds is 3. The van der Waals surface area contributed by atoms with Gasteiger partial charge in [-0.3, -0.25) is 4.79 Å². The van der Waals surface area contributed by atoms with Crippen molar-refractivity contribution in [2.45, 2.75) is 37.6 Å². The van der Waals surface area contributed by atoms with E-state index in [0.717, 1.165) is 24.8 Å². The minimum atomic E-state index is -0.908. The summed E-state index contributed by atoms with van der Waals surface area (Å²) in [5.74, 6) is -1.04. The van der Waals surface area contributed by atoms with Crippen molar-refractivity contribution in [1.29, 1.82) is 0 Å². The lowest BCUT2D eigenvalue weighted by Crippen LogP contribution is -2.48. The van der Waals surface area contributed by atoms with Gasteiger partial charge in [-0.15, -0.1) is 0 Å². The predicted molar refractivity (Wildman–Crippen MR) is 84.3 cm³/mol. The highest BCUT2D eigenvalue weighted by molar-refractivity contribution is 6.35. The Morgan fingerprint density at radius 2 is 2.00 bits per heavy atom. The van der Waals surface area contributed by atoms with E-state index in [0.29, 0.717) is 23.0 Å². The second-order valence-electron chi connectivity index (χ2n) is 6.00. The lowest BCUT2D eigenvalue weighted by molar-refractivity contribution is -0.152. The molecule has 1 aromatic carbocycles. The van der Waals surface area contributed by atoms with E-state index in [1.807, 2.05) is 6.07 Å². The van der Waals surface area contributed by atoms with Gasteiger partial charge in [-0.1, -0.05) is 29.3 Å². The zero-order valence-corrected chi connectivity index (χ0v) is 13.5. The summed E-state index contributed by atoms with van der Waals surface area (Å²) in [6.45, 7) is 0.535. The molecule has 0 radical (unpaired) electrons. The molecule has 1 saturated heterocycles. The Hall–Kier alpha value is -1.26. The molecular formula is C16H17Cl2NO3. The Morgan fingerprint density at radius 3 is 2.68 bits per heavy atom. The van der Waals surface area contributed by atoms with Crippen LogP contribution in [-0.4, -0.2) is 34.5 Å². The first-order valence-electron chi connectivity index (χ1n) is 7.47. The Balaban J connectivity index is 1.73. The molecule has 1 aliphatic carbocycles. The highest BCUT2D eigenvalue weighted by atomic mass is 35.5. The SMILES string of the molecule is O=C(O)C1CCCCN1C(=O)C1CC1c1ccc(Cl)cc1Cl. The van der Waals surface area contributed by atoms with Gasteiger partial charge in [-0.05, 0) is 49.3 Å². The summed E-state index contributed by atoms with van der Waals surface area (Å²) in [6, 6.07) is 4.62. The number of halogens is 2. The fourth-order valence-electron chi connectivity index (χ4n) is 3.28. The standard InChI is InChI=1S/C16H17Cl2NO3/c17-9-4-5-10(13(18)7-9)11-8-12(11)15(20)19-6-2-1-3-14(19)16(21)22/h4-5,7,11-12,14H,1-3,6,8H2,(H,21,22). The zero-order chi connectivity index (χ0) is 15.9. The molecule has 6 heteroatoms. The lowest BCUT2D eigenvalue weighted by Gasteiger charge is -2.33. The van der Waals surface area contributed by atoms with E-state index in [4.69, 9.17) is 23.2 Å². The van der Waals surface area contributed by atoms with Crippen molar-refractivity contribution >= 4 is 35.1 Å². The largest absolute Gasteiger partial charge is 0.480 e. The molecule has 1 heterocycles. The Morgan fingerprint density at radius 1 is 1.23 bits per heavy atom. The van der Waals surface area contributed by atoms with Gasteiger partial charge >= 0.3 is 5.97 Å². The monoisotopic (exact) mass is 341 g/mol. The number of carbonyl (C=O) groups excluding carboxylic acids is 1. The van der Waals surface area contributed by atoms with E-state index in [1.165, 1.54) is 0 Å². The maximum absolute atomic E-state index is 12.6. The van der Waals surface area contributed by atoms with Crippen molar-refractivity contribution < 1.29 is 14.7 Å². The first kappa shape index (κ1) is 15.6. The van der Waals surface area contributed by atoms with Crippen molar-refractivity contribution in [3.05, 3.63) is 33.8 Å². The summed E-state index contributed by atoms with van der Waals surface area (Å²) in [5.41, 5.74) is 0.924. The van der Waals surface area contributed by atoms with Gasteiger partial charge in [0, 0.05) is 22.5 Å². The quantitative estimate of drug-likeness (QED) is 0.914. The van der Waals surface area contributed by atoms with Gasteiger partial charge < -0.3 is 10.0 Å². The van der Waals surface area contributed by atoms with Crippen molar-refractivity contribution in [1.82, 2.24) is 4.90 Å². The molecule has 1 amide bonds. The minimum Gasteiger partial charge on any atom is -0.480 e. The number of aliphatic carboxylic acids is 1. The number of amides is 1. The van der Waals surface area contributed by atoms with Gasteiger partial charge in [0.1, 0.15) is 6.04 Å². The van der Waals surface area contributed by atoms with Crippen LogP contribution in [0.2, 0.25) is 10.0 Å². The highest BCUT2D eigenvalue weighted by Crippen LogP contribution is 2.51. The Labute approximate surface area is 139 Å². The molecule has 4 nitrogen and oxygen atoms in total. The fraction of sp³-hybridized carbons (Fsp3) is 0.500. The summed E-state index contributed by atoms with van der Waals surface area (Å²) < 4.78 is 0. The van der Waals surface area contributed by atoms with Crippen LogP contribution >= 0.6 is 23.2 Å². The molecule has 1 aromatic rings. The number of hydrogen-bond donors (Lipinski definition) is 1. The Kier molecular flexibility index (Phi) is 4.33. The number of likely N-dealkylation sites (tertiary alicyclic amines) is 1. The van der Waals surface area contributed by atoms with E-state index < -0.39 is 12.0 Å². The average Bonchev–Trinajstić information content (AvgIpc) is 3.26. The fourth-order valence-corrected chi connectivity index (χ4v) is 3.83. The van der Waals surface area contributed by atoms with Gasteiger partial charge in [0.25, 0.3) is 0 Å². The smallest absolute Gasteiger partial charge is 0.326 e. The van der Waals surface area contributed by atoms with E-state index in [-0.39, 0.29) is 17.7 Å². The van der Waals surface area contributed by atoms with Crippen LogP contribution in [-0.2, 0) is 9.59 Å². The third kappa shape index (κ3) is 2.95. The van der Waals surface area contributed by atoms with Crippen LogP contribution in [0.15, 0.2) is 18.2 Å². The molecule has 1 N–H and O–H groups in total. The minimum absolute atomic E-state index is 0.0527. The summed E-state index contributed by atoms with van der Waals surface area (Å²) in [4.78, 5) is 25.5. The molecule has 3 rings (SSSR count). The third-order valence-electron chi connectivity index (χ3n) is 4.54. The Bertz CT molecular complexity index is 619. The first-order chi connectivity index (χ1) is 10.5. The van der Waals surface area contributed by atoms with Crippen LogP contribution in [0.4, 0.5) is 0 Å². The zero-order valence-electron chi connectivity index (χ0n) is 12.0. The van der Waals surface area contributed by atoms with E-state index in [1.54, 1.807) is 17.0 Å². The number of carboxylic acid groups (broad SMARTS) is 1. The van der Waals surface area contributed by atoms with Gasteiger partial charge in [-0.2, -0.15) is 0 Å². The van der Waals surface area contributed by atoms with Crippen LogP contribution in [0.1, 0.15) is 37.2 Å². The summed E-state index contributed by atoms with van der Waals surface area (Å²) in [5, 5.41) is 10.4. The molecule has 0 aromatic heterocycles. The number of piperidine rings is 1. The second kappa shape index (κ2) is 6.09. The molecule has 118 valence electrons. The van der Waals surface area contributed by atoms with E-state index in [2.05, 4.69) is 0 Å². The molecule has 22 heavy (non-hydrogen) atoms. The predicted octanol–water partition coefficient (Wildman–Crippen LogP) is 3.56. The number of benzene rings is 1. The van der Waals surface area contributed by atoms with Gasteiger partial charge in [0.05, 0.1) is 0 Å². The third-order valence-corrected chi connectivity index (χ3v) is 5.10. The molecule has 1 aliphatic heterocycles. The van der Waals surface area contributed by atoms with Crippen LogP contribution in [0.3, 0.4) is 0 Å². The molecular weight excluding hydrogens is 325 g/mol. The first-order valence-corrected chi connectivity index (χ1v) is 8.23. The normalized spacial score (nSPS) is 27.5. The number of carbonyl (C=O) groups is 2. The van der Waals surface area contributed by atoms with Crippen LogP contribution in [0.25, 0.3) is 0 Å². The number of hydrogen-bond acceptors (Lipinski definition) is 2.